The Morgan fingerprint density at radius 2 is 1.74 bits per heavy atom. The quantitative estimate of drug-likeness (QED) is 0.684. The number of amides is 1. The molecule has 1 atom stereocenters. The van der Waals surface area contributed by atoms with Crippen molar-refractivity contribution in [2.24, 2.45) is 0 Å². The number of carbonyl (C=O) groups is 1. The number of nitrogens with zero attached hydrogens (tertiary/aromatic N) is 1. The first-order chi connectivity index (χ1) is 12.5. The zero-order chi connectivity index (χ0) is 20.4. The topological polar surface area (TPSA) is 29.5 Å². The van der Waals surface area contributed by atoms with Crippen molar-refractivity contribution in [1.82, 2.24) is 4.90 Å². The molecule has 0 aliphatic rings. The highest BCUT2D eigenvalue weighted by Crippen LogP contribution is 2.34. The SMILES string of the molecule is CCC(Oc1cc(F)cc(-c2ccc(C(F)(F)F)c(F)c2)c1)C(=O)N(C)C. The van der Waals surface area contributed by atoms with Crippen LogP contribution in [0.5, 0.6) is 5.75 Å². The standard InChI is InChI=1S/C19H18F5NO2/c1-4-17(18(26)25(2)3)27-14-8-12(7-13(20)10-14)11-5-6-15(16(21)9-11)19(22,23)24/h5-10,17H,4H2,1-3H3. The lowest BCUT2D eigenvalue weighted by Gasteiger charge is -2.21. The average Bonchev–Trinajstić information content (AvgIpc) is 2.57. The maximum atomic E-state index is 13.9. The number of halogens is 5. The molecule has 2 aromatic rings. The van der Waals surface area contributed by atoms with Crippen LogP contribution in [-0.4, -0.2) is 31.0 Å². The van der Waals surface area contributed by atoms with E-state index in [4.69, 9.17) is 4.74 Å². The van der Waals surface area contributed by atoms with Gasteiger partial charge in [-0.25, -0.2) is 8.78 Å². The maximum absolute atomic E-state index is 13.9. The summed E-state index contributed by atoms with van der Waals surface area (Å²) >= 11 is 0. The summed E-state index contributed by atoms with van der Waals surface area (Å²) in [5.41, 5.74) is -1.22. The first-order valence-corrected chi connectivity index (χ1v) is 8.08. The molecule has 8 heteroatoms. The van der Waals surface area contributed by atoms with Crippen LogP contribution >= 0.6 is 0 Å². The molecule has 0 aliphatic heterocycles. The Labute approximate surface area is 153 Å². The highest BCUT2D eigenvalue weighted by atomic mass is 19.4. The van der Waals surface area contributed by atoms with Crippen LogP contribution in [0.1, 0.15) is 18.9 Å². The largest absolute Gasteiger partial charge is 0.480 e. The van der Waals surface area contributed by atoms with Crippen LogP contribution in [0.4, 0.5) is 22.0 Å². The minimum Gasteiger partial charge on any atom is -0.480 e. The molecule has 0 saturated carbocycles. The second-order valence-corrected chi connectivity index (χ2v) is 6.12. The van der Waals surface area contributed by atoms with Gasteiger partial charge in [0, 0.05) is 20.2 Å². The molecule has 0 heterocycles. The number of rotatable bonds is 5. The normalized spacial score (nSPS) is 12.6. The van der Waals surface area contributed by atoms with Gasteiger partial charge in [-0.05, 0) is 41.8 Å². The van der Waals surface area contributed by atoms with E-state index in [9.17, 15) is 26.7 Å². The van der Waals surface area contributed by atoms with Gasteiger partial charge >= 0.3 is 6.18 Å². The van der Waals surface area contributed by atoms with Gasteiger partial charge in [0.05, 0.1) is 5.56 Å². The van der Waals surface area contributed by atoms with E-state index in [1.807, 2.05) is 0 Å². The second-order valence-electron chi connectivity index (χ2n) is 6.12. The van der Waals surface area contributed by atoms with Crippen LogP contribution in [0.3, 0.4) is 0 Å². The van der Waals surface area contributed by atoms with Crippen molar-refractivity contribution in [3.05, 3.63) is 53.6 Å². The van der Waals surface area contributed by atoms with Gasteiger partial charge in [-0.2, -0.15) is 13.2 Å². The van der Waals surface area contributed by atoms with Crippen LogP contribution in [0.15, 0.2) is 36.4 Å². The van der Waals surface area contributed by atoms with E-state index in [-0.39, 0.29) is 22.8 Å². The molecule has 2 rings (SSSR count). The number of likely N-dealkylation sites (N-methyl/N-ethyl adjacent to an activating group) is 1. The molecule has 27 heavy (non-hydrogen) atoms. The minimum absolute atomic E-state index is 0.0207. The molecule has 0 bridgehead atoms. The van der Waals surface area contributed by atoms with Gasteiger partial charge in [-0.15, -0.1) is 0 Å². The van der Waals surface area contributed by atoms with Crippen molar-refractivity contribution < 1.29 is 31.5 Å². The summed E-state index contributed by atoms with van der Waals surface area (Å²) in [6.45, 7) is 1.72. The highest BCUT2D eigenvalue weighted by Gasteiger charge is 2.34. The van der Waals surface area contributed by atoms with Crippen molar-refractivity contribution in [2.45, 2.75) is 25.6 Å². The molecule has 0 saturated heterocycles. The zero-order valence-electron chi connectivity index (χ0n) is 14.9. The fourth-order valence-electron chi connectivity index (χ4n) is 2.48. The van der Waals surface area contributed by atoms with Crippen molar-refractivity contribution in [3.63, 3.8) is 0 Å². The van der Waals surface area contributed by atoms with Gasteiger partial charge in [0.2, 0.25) is 0 Å². The number of carbonyl (C=O) groups excluding carboxylic acids is 1. The Balaban J connectivity index is 2.37. The molecule has 0 radical (unpaired) electrons. The van der Waals surface area contributed by atoms with Crippen LogP contribution < -0.4 is 4.74 Å². The Kier molecular flexibility index (Phi) is 6.08. The Morgan fingerprint density at radius 1 is 1.07 bits per heavy atom. The summed E-state index contributed by atoms with van der Waals surface area (Å²) in [6, 6.07) is 5.77. The molecular weight excluding hydrogens is 369 g/mol. The molecule has 2 aromatic carbocycles. The Morgan fingerprint density at radius 3 is 2.26 bits per heavy atom. The predicted molar refractivity (Wildman–Crippen MR) is 90.2 cm³/mol. The Hall–Kier alpha value is -2.64. The first-order valence-electron chi connectivity index (χ1n) is 8.08. The highest BCUT2D eigenvalue weighted by molar-refractivity contribution is 5.80. The monoisotopic (exact) mass is 387 g/mol. The van der Waals surface area contributed by atoms with Crippen molar-refractivity contribution in [2.75, 3.05) is 14.1 Å². The summed E-state index contributed by atoms with van der Waals surface area (Å²) in [5, 5.41) is 0. The van der Waals surface area contributed by atoms with E-state index in [0.717, 1.165) is 18.2 Å². The predicted octanol–water partition coefficient (Wildman–Crippen LogP) is 4.90. The molecule has 146 valence electrons. The van der Waals surface area contributed by atoms with Crippen LogP contribution in [0.2, 0.25) is 0 Å². The third-order valence-corrected chi connectivity index (χ3v) is 3.84. The molecule has 0 fully saturated rings. The number of alkyl halides is 3. The van der Waals surface area contributed by atoms with E-state index < -0.39 is 29.5 Å². The fourth-order valence-corrected chi connectivity index (χ4v) is 2.48. The van der Waals surface area contributed by atoms with Crippen molar-refractivity contribution >= 4 is 5.91 Å². The van der Waals surface area contributed by atoms with Gasteiger partial charge in [-0.3, -0.25) is 4.79 Å². The average molecular weight is 387 g/mol. The van der Waals surface area contributed by atoms with E-state index in [2.05, 4.69) is 0 Å². The minimum atomic E-state index is -4.82. The molecule has 0 aliphatic carbocycles. The summed E-state index contributed by atoms with van der Waals surface area (Å²) in [4.78, 5) is 13.4. The van der Waals surface area contributed by atoms with Gasteiger partial charge in [-0.1, -0.05) is 13.0 Å². The number of hydrogen-bond acceptors (Lipinski definition) is 2. The van der Waals surface area contributed by atoms with E-state index in [0.29, 0.717) is 18.6 Å². The third-order valence-electron chi connectivity index (χ3n) is 3.84. The molecule has 0 N–H and O–H groups in total. The van der Waals surface area contributed by atoms with E-state index >= 15 is 0 Å². The number of ether oxygens (including phenoxy) is 1. The lowest BCUT2D eigenvalue weighted by molar-refractivity contribution is -0.140. The first kappa shape index (κ1) is 20.7. The molecule has 0 spiro atoms. The fraction of sp³-hybridized carbons (Fsp3) is 0.316. The summed E-state index contributed by atoms with van der Waals surface area (Å²) in [6.07, 6.45) is -5.34. The van der Waals surface area contributed by atoms with Crippen LogP contribution in [0, 0.1) is 11.6 Å². The van der Waals surface area contributed by atoms with Gasteiger partial charge < -0.3 is 9.64 Å². The van der Waals surface area contributed by atoms with Crippen LogP contribution in [0.25, 0.3) is 11.1 Å². The van der Waals surface area contributed by atoms with E-state index in [1.165, 1.54) is 11.0 Å². The third kappa shape index (κ3) is 4.96. The molecule has 1 amide bonds. The molecule has 0 aromatic heterocycles. The lowest BCUT2D eigenvalue weighted by atomic mass is 10.0. The van der Waals surface area contributed by atoms with Gasteiger partial charge in [0.25, 0.3) is 5.91 Å². The van der Waals surface area contributed by atoms with E-state index in [1.54, 1.807) is 21.0 Å². The molecular formula is C19H18F5NO2. The summed E-state index contributed by atoms with van der Waals surface area (Å²) < 4.78 is 71.3. The van der Waals surface area contributed by atoms with Crippen molar-refractivity contribution in [3.8, 4) is 16.9 Å². The van der Waals surface area contributed by atoms with Gasteiger partial charge in [0.1, 0.15) is 17.4 Å². The molecule has 3 nitrogen and oxygen atoms in total. The van der Waals surface area contributed by atoms with Gasteiger partial charge in [0.15, 0.2) is 6.10 Å². The molecule has 1 unspecified atom stereocenters. The smallest absolute Gasteiger partial charge is 0.419 e. The Bertz CT molecular complexity index is 833. The second kappa shape index (κ2) is 7.94. The zero-order valence-corrected chi connectivity index (χ0v) is 14.9. The lowest BCUT2D eigenvalue weighted by Crippen LogP contribution is -2.37. The van der Waals surface area contributed by atoms with Crippen molar-refractivity contribution in [1.29, 1.82) is 0 Å². The number of benzene rings is 2. The number of hydrogen-bond donors (Lipinski definition) is 0. The summed E-state index contributed by atoms with van der Waals surface area (Å²) in [7, 11) is 3.10. The van der Waals surface area contributed by atoms with Crippen LogP contribution in [-0.2, 0) is 11.0 Å². The summed E-state index contributed by atoms with van der Waals surface area (Å²) in [5.74, 6) is -2.48. The maximum Gasteiger partial charge on any atom is 0.419 e.